The van der Waals surface area contributed by atoms with E-state index in [4.69, 9.17) is 4.74 Å². The molecule has 0 amide bonds. The van der Waals surface area contributed by atoms with Crippen LogP contribution in [0.25, 0.3) is 10.4 Å². The van der Waals surface area contributed by atoms with E-state index in [0.29, 0.717) is 0 Å². The van der Waals surface area contributed by atoms with Crippen LogP contribution in [-0.4, -0.2) is 21.8 Å². The van der Waals surface area contributed by atoms with E-state index in [9.17, 15) is 0 Å². The van der Waals surface area contributed by atoms with Gasteiger partial charge in [0.05, 0.1) is 0 Å². The SMILES string of the molecule is COc1ccc(C2=Cc3ccccc3[As]2c2ccccc2)cc1. The molecule has 0 spiro atoms. The van der Waals surface area contributed by atoms with Crippen molar-refractivity contribution in [3.05, 3.63) is 90.0 Å². The van der Waals surface area contributed by atoms with Gasteiger partial charge in [-0.05, 0) is 0 Å². The second-order valence-electron chi connectivity index (χ2n) is 5.49. The van der Waals surface area contributed by atoms with Crippen LogP contribution in [0.4, 0.5) is 0 Å². The van der Waals surface area contributed by atoms with Crippen LogP contribution in [0.15, 0.2) is 78.9 Å². The molecule has 3 aromatic carbocycles. The van der Waals surface area contributed by atoms with Crippen molar-refractivity contribution in [3.8, 4) is 5.75 Å². The number of methoxy groups -OCH3 is 1. The van der Waals surface area contributed by atoms with E-state index < -0.39 is 14.7 Å². The van der Waals surface area contributed by atoms with Crippen LogP contribution in [0, 0.1) is 0 Å². The molecule has 1 aliphatic heterocycles. The van der Waals surface area contributed by atoms with E-state index in [0.717, 1.165) is 5.75 Å². The Morgan fingerprint density at radius 1 is 0.739 bits per heavy atom. The second kappa shape index (κ2) is 6.10. The summed E-state index contributed by atoms with van der Waals surface area (Å²) >= 11 is -1.47. The third-order valence-corrected chi connectivity index (χ3v) is 9.51. The third-order valence-electron chi connectivity index (χ3n) is 4.11. The Kier molecular flexibility index (Phi) is 3.81. The van der Waals surface area contributed by atoms with Crippen molar-refractivity contribution in [3.63, 3.8) is 0 Å². The molecule has 0 aliphatic carbocycles. The fourth-order valence-corrected chi connectivity index (χ4v) is 8.43. The van der Waals surface area contributed by atoms with Gasteiger partial charge in [-0.2, -0.15) is 0 Å². The molecule has 0 fully saturated rings. The summed E-state index contributed by atoms with van der Waals surface area (Å²) in [5, 5.41) is 0. The molecule has 1 atom stereocenters. The summed E-state index contributed by atoms with van der Waals surface area (Å²) in [5.74, 6) is 0.906. The monoisotopic (exact) mass is 360 g/mol. The van der Waals surface area contributed by atoms with Gasteiger partial charge in [-0.15, -0.1) is 0 Å². The van der Waals surface area contributed by atoms with Gasteiger partial charge < -0.3 is 0 Å². The zero-order valence-electron chi connectivity index (χ0n) is 12.9. The topological polar surface area (TPSA) is 9.23 Å². The summed E-state index contributed by atoms with van der Waals surface area (Å²) in [5.41, 5.74) is 2.69. The molecule has 23 heavy (non-hydrogen) atoms. The zero-order valence-corrected chi connectivity index (χ0v) is 14.8. The Morgan fingerprint density at radius 2 is 1.43 bits per heavy atom. The van der Waals surface area contributed by atoms with Gasteiger partial charge in [0, 0.05) is 0 Å². The van der Waals surface area contributed by atoms with Crippen molar-refractivity contribution in [2.75, 3.05) is 7.11 Å². The van der Waals surface area contributed by atoms with Gasteiger partial charge in [-0.3, -0.25) is 0 Å². The molecule has 0 N–H and O–H groups in total. The van der Waals surface area contributed by atoms with Gasteiger partial charge in [0.2, 0.25) is 0 Å². The summed E-state index contributed by atoms with van der Waals surface area (Å²) in [6.07, 6.45) is 2.38. The van der Waals surface area contributed by atoms with E-state index in [-0.39, 0.29) is 0 Å². The molecule has 0 aromatic heterocycles. The Bertz CT molecular complexity index is 851. The van der Waals surface area contributed by atoms with E-state index in [1.54, 1.807) is 7.11 Å². The van der Waals surface area contributed by atoms with Crippen LogP contribution < -0.4 is 13.4 Å². The average molecular weight is 360 g/mol. The van der Waals surface area contributed by atoms with Crippen molar-refractivity contribution in [2.45, 2.75) is 0 Å². The fourth-order valence-electron chi connectivity index (χ4n) is 2.98. The Morgan fingerprint density at radius 3 is 2.17 bits per heavy atom. The minimum atomic E-state index is -1.47. The number of ether oxygens (including phenoxy) is 1. The normalized spacial score (nSPS) is 15.9. The first-order chi connectivity index (χ1) is 11.4. The second-order valence-corrected chi connectivity index (χ2v) is 10.0. The van der Waals surface area contributed by atoms with Crippen LogP contribution in [0.1, 0.15) is 11.1 Å². The zero-order chi connectivity index (χ0) is 15.6. The standard InChI is InChI=1S/C21H17AsO/c1-23-19-13-11-16(12-14-19)21-15-17-7-5-6-10-20(17)22(21)18-8-3-2-4-9-18/h2-15H,1H3. The Hall–Kier alpha value is -2.24. The van der Waals surface area contributed by atoms with Gasteiger partial charge >= 0.3 is 141 Å². The van der Waals surface area contributed by atoms with Gasteiger partial charge in [-0.25, -0.2) is 0 Å². The van der Waals surface area contributed by atoms with Crippen LogP contribution >= 0.6 is 0 Å². The number of rotatable bonds is 3. The van der Waals surface area contributed by atoms with Crippen molar-refractivity contribution in [1.29, 1.82) is 0 Å². The predicted molar refractivity (Wildman–Crippen MR) is 98.8 cm³/mol. The van der Waals surface area contributed by atoms with E-state index >= 15 is 0 Å². The molecular formula is C21H17AsO. The molecule has 1 aliphatic rings. The summed E-state index contributed by atoms with van der Waals surface area (Å²) in [7, 11) is 1.71. The van der Waals surface area contributed by atoms with Crippen molar-refractivity contribution < 1.29 is 4.74 Å². The van der Waals surface area contributed by atoms with E-state index in [1.807, 2.05) is 0 Å². The van der Waals surface area contributed by atoms with Gasteiger partial charge in [0.1, 0.15) is 0 Å². The number of benzene rings is 3. The van der Waals surface area contributed by atoms with Crippen LogP contribution in [0.2, 0.25) is 0 Å². The van der Waals surface area contributed by atoms with Gasteiger partial charge in [-0.1, -0.05) is 0 Å². The van der Waals surface area contributed by atoms with Gasteiger partial charge in [0.25, 0.3) is 0 Å². The van der Waals surface area contributed by atoms with E-state index in [1.165, 1.54) is 24.2 Å². The predicted octanol–water partition coefficient (Wildman–Crippen LogP) is 3.40. The number of hydrogen-bond donors (Lipinski definition) is 0. The van der Waals surface area contributed by atoms with Crippen molar-refractivity contribution >= 4 is 33.8 Å². The number of fused-ring (bicyclic) bond motifs is 1. The van der Waals surface area contributed by atoms with Crippen molar-refractivity contribution in [1.82, 2.24) is 0 Å². The molecule has 0 bridgehead atoms. The maximum atomic E-state index is 5.30. The van der Waals surface area contributed by atoms with Crippen LogP contribution in [0.5, 0.6) is 5.75 Å². The molecule has 112 valence electrons. The Balaban J connectivity index is 1.84. The van der Waals surface area contributed by atoms with Crippen LogP contribution in [0.3, 0.4) is 0 Å². The fraction of sp³-hybridized carbons (Fsp3) is 0.0476. The summed E-state index contributed by atoms with van der Waals surface area (Å²) in [6, 6.07) is 28.2. The number of hydrogen-bond acceptors (Lipinski definition) is 1. The summed E-state index contributed by atoms with van der Waals surface area (Å²) in [4.78, 5) is 0. The first kappa shape index (κ1) is 14.4. The summed E-state index contributed by atoms with van der Waals surface area (Å²) < 4.78 is 9.79. The minimum absolute atomic E-state index is 0.906. The molecule has 3 aromatic rings. The van der Waals surface area contributed by atoms with Crippen molar-refractivity contribution in [2.24, 2.45) is 0 Å². The molecule has 1 nitrogen and oxygen atoms in total. The van der Waals surface area contributed by atoms with Crippen LogP contribution in [-0.2, 0) is 0 Å². The molecule has 0 saturated heterocycles. The molecule has 1 unspecified atom stereocenters. The molecule has 4 rings (SSSR count). The van der Waals surface area contributed by atoms with E-state index in [2.05, 4.69) is 84.9 Å². The first-order valence-corrected chi connectivity index (χ1v) is 10.5. The first-order valence-electron chi connectivity index (χ1n) is 7.67. The molecular weight excluding hydrogens is 343 g/mol. The third kappa shape index (κ3) is 2.62. The molecule has 2 heteroatoms. The molecule has 0 saturated carbocycles. The summed E-state index contributed by atoms with van der Waals surface area (Å²) in [6.45, 7) is 0. The Labute approximate surface area is 141 Å². The van der Waals surface area contributed by atoms with Gasteiger partial charge in [0.15, 0.2) is 0 Å². The average Bonchev–Trinajstić information content (AvgIpc) is 3.02. The quantitative estimate of drug-likeness (QED) is 0.651. The molecule has 0 radical (unpaired) electrons. The molecule has 1 heterocycles. The maximum absolute atomic E-state index is 5.30.